The van der Waals surface area contributed by atoms with E-state index in [1.54, 1.807) is 13.8 Å². The van der Waals surface area contributed by atoms with Gasteiger partial charge in [-0.15, -0.1) is 0 Å². The van der Waals surface area contributed by atoms with Gasteiger partial charge in [0.2, 0.25) is 0 Å². The van der Waals surface area contributed by atoms with Gasteiger partial charge in [0.25, 0.3) is 0 Å². The summed E-state index contributed by atoms with van der Waals surface area (Å²) in [4.78, 5) is 0. The number of rotatable bonds is 9. The maximum Gasteiger partial charge on any atom is 0.152 e. The molecule has 0 saturated carbocycles. The molecule has 0 aromatic heterocycles. The van der Waals surface area contributed by atoms with Crippen LogP contribution in [0.15, 0.2) is 28.7 Å². The minimum Gasteiger partial charge on any atom is -0.317 e. The van der Waals surface area contributed by atoms with Crippen molar-refractivity contribution in [1.82, 2.24) is 5.32 Å². The summed E-state index contributed by atoms with van der Waals surface area (Å²) < 4.78 is 25.0. The van der Waals surface area contributed by atoms with Gasteiger partial charge in [0.15, 0.2) is 9.84 Å². The zero-order valence-electron chi connectivity index (χ0n) is 13.1. The monoisotopic (exact) mass is 375 g/mol. The first kappa shape index (κ1) is 18.7. The second-order valence-electron chi connectivity index (χ2n) is 5.71. The van der Waals surface area contributed by atoms with E-state index in [4.69, 9.17) is 0 Å². The largest absolute Gasteiger partial charge is 0.317 e. The first-order chi connectivity index (χ1) is 9.85. The van der Waals surface area contributed by atoms with Crippen LogP contribution in [-0.4, -0.2) is 32.5 Å². The number of halogens is 1. The number of nitrogens with one attached hydrogen (secondary N) is 1. The van der Waals surface area contributed by atoms with Crippen LogP contribution >= 0.6 is 15.9 Å². The minimum absolute atomic E-state index is 0.275. The molecule has 120 valence electrons. The van der Waals surface area contributed by atoms with Gasteiger partial charge in [-0.25, -0.2) is 8.42 Å². The van der Waals surface area contributed by atoms with Crippen molar-refractivity contribution < 1.29 is 8.42 Å². The van der Waals surface area contributed by atoms with Crippen LogP contribution in [0.3, 0.4) is 0 Å². The zero-order valence-corrected chi connectivity index (χ0v) is 15.5. The lowest BCUT2D eigenvalue weighted by atomic mass is 9.97. The van der Waals surface area contributed by atoms with Gasteiger partial charge in [0.1, 0.15) is 0 Å². The second-order valence-corrected chi connectivity index (χ2v) is 9.30. The Hall–Kier alpha value is -0.390. The van der Waals surface area contributed by atoms with Gasteiger partial charge in [-0.3, -0.25) is 0 Å². The highest BCUT2D eigenvalue weighted by Crippen LogP contribution is 2.17. The van der Waals surface area contributed by atoms with Crippen molar-refractivity contribution in [2.24, 2.45) is 5.92 Å². The Kier molecular flexibility index (Phi) is 7.92. The van der Waals surface area contributed by atoms with Crippen molar-refractivity contribution in [3.05, 3.63) is 34.3 Å². The minimum atomic E-state index is -2.95. The molecular weight excluding hydrogens is 350 g/mol. The molecule has 1 aromatic rings. The van der Waals surface area contributed by atoms with Crippen LogP contribution in [0.2, 0.25) is 0 Å². The molecule has 5 heteroatoms. The van der Waals surface area contributed by atoms with Gasteiger partial charge in [0.05, 0.1) is 11.0 Å². The Morgan fingerprint density at radius 2 is 1.81 bits per heavy atom. The highest BCUT2D eigenvalue weighted by atomic mass is 79.9. The van der Waals surface area contributed by atoms with Gasteiger partial charge in [-0.2, -0.15) is 0 Å². The molecule has 1 unspecified atom stereocenters. The maximum absolute atomic E-state index is 12.0. The molecular formula is C16H26BrNO2S. The van der Waals surface area contributed by atoms with Crippen molar-refractivity contribution in [3.8, 4) is 0 Å². The molecule has 0 heterocycles. The standard InChI is InChI=1S/C16H26BrNO2S/c1-4-18-12-15(9-10-21(19,20)13(2)3)11-14-5-7-16(17)8-6-14/h5-8,13,15,18H,4,9-12H2,1-3H3. The first-order valence-electron chi connectivity index (χ1n) is 7.52. The Morgan fingerprint density at radius 3 is 2.33 bits per heavy atom. The van der Waals surface area contributed by atoms with E-state index >= 15 is 0 Å². The van der Waals surface area contributed by atoms with Crippen molar-refractivity contribution in [2.45, 2.75) is 38.9 Å². The lowest BCUT2D eigenvalue weighted by molar-refractivity contribution is 0.464. The molecule has 1 N–H and O–H groups in total. The van der Waals surface area contributed by atoms with E-state index in [2.05, 4.69) is 40.3 Å². The molecule has 0 radical (unpaired) electrons. The van der Waals surface area contributed by atoms with E-state index in [0.29, 0.717) is 12.3 Å². The predicted octanol–water partition coefficient (Wildman–Crippen LogP) is 3.43. The van der Waals surface area contributed by atoms with E-state index in [1.165, 1.54) is 5.56 Å². The van der Waals surface area contributed by atoms with Gasteiger partial charge in [-0.05, 0) is 63.4 Å². The lowest BCUT2D eigenvalue weighted by Gasteiger charge is -2.18. The number of sulfone groups is 1. The normalized spacial score (nSPS) is 13.6. The SMILES string of the molecule is CCNCC(CCS(=O)(=O)C(C)C)Cc1ccc(Br)cc1. The third-order valence-corrected chi connectivity index (χ3v) is 6.42. The summed E-state index contributed by atoms with van der Waals surface area (Å²) >= 11 is 3.43. The van der Waals surface area contributed by atoms with E-state index in [-0.39, 0.29) is 11.0 Å². The van der Waals surface area contributed by atoms with Crippen molar-refractivity contribution in [3.63, 3.8) is 0 Å². The van der Waals surface area contributed by atoms with E-state index in [0.717, 1.165) is 24.0 Å². The number of hydrogen-bond acceptors (Lipinski definition) is 3. The molecule has 1 rings (SSSR count). The van der Waals surface area contributed by atoms with Crippen molar-refractivity contribution >= 4 is 25.8 Å². The third-order valence-electron chi connectivity index (χ3n) is 3.65. The van der Waals surface area contributed by atoms with Gasteiger partial charge in [-0.1, -0.05) is 35.0 Å². The summed E-state index contributed by atoms with van der Waals surface area (Å²) in [5.74, 6) is 0.622. The smallest absolute Gasteiger partial charge is 0.152 e. The van der Waals surface area contributed by atoms with Crippen LogP contribution in [0.5, 0.6) is 0 Å². The summed E-state index contributed by atoms with van der Waals surface area (Å²) in [6.07, 6.45) is 1.62. The molecule has 0 amide bonds. The molecule has 0 aliphatic carbocycles. The Bertz CT molecular complexity index is 512. The molecule has 0 saturated heterocycles. The van der Waals surface area contributed by atoms with Crippen LogP contribution < -0.4 is 5.32 Å². The highest BCUT2D eigenvalue weighted by Gasteiger charge is 2.19. The Labute approximate surface area is 137 Å². The number of benzene rings is 1. The van der Waals surface area contributed by atoms with Gasteiger partial charge in [0, 0.05) is 4.47 Å². The molecule has 0 spiro atoms. The molecule has 0 aliphatic rings. The Balaban J connectivity index is 2.65. The topological polar surface area (TPSA) is 46.2 Å². The van der Waals surface area contributed by atoms with Crippen LogP contribution in [0.1, 0.15) is 32.8 Å². The quantitative estimate of drug-likeness (QED) is 0.718. The predicted molar refractivity (Wildman–Crippen MR) is 93.4 cm³/mol. The summed E-state index contributed by atoms with van der Waals surface area (Å²) in [7, 11) is -2.95. The molecule has 0 aliphatic heterocycles. The molecule has 0 fully saturated rings. The third kappa shape index (κ3) is 6.94. The molecule has 21 heavy (non-hydrogen) atoms. The summed E-state index contributed by atoms with van der Waals surface area (Å²) in [5.41, 5.74) is 1.25. The van der Waals surface area contributed by atoms with Gasteiger partial charge < -0.3 is 5.32 Å². The van der Waals surface area contributed by atoms with Crippen LogP contribution in [-0.2, 0) is 16.3 Å². The molecule has 0 bridgehead atoms. The van der Waals surface area contributed by atoms with Crippen LogP contribution in [0.4, 0.5) is 0 Å². The molecule has 1 aromatic carbocycles. The average Bonchev–Trinajstić information content (AvgIpc) is 2.44. The summed E-state index contributed by atoms with van der Waals surface area (Å²) in [5, 5.41) is 3.05. The zero-order chi connectivity index (χ0) is 15.9. The fourth-order valence-corrected chi connectivity index (χ4v) is 3.54. The summed E-state index contributed by atoms with van der Waals surface area (Å²) in [6.45, 7) is 7.35. The maximum atomic E-state index is 12.0. The van der Waals surface area contributed by atoms with Crippen LogP contribution in [0.25, 0.3) is 0 Å². The summed E-state index contributed by atoms with van der Waals surface area (Å²) in [6, 6.07) is 8.26. The van der Waals surface area contributed by atoms with Gasteiger partial charge >= 0.3 is 0 Å². The second kappa shape index (κ2) is 8.91. The Morgan fingerprint density at radius 1 is 1.19 bits per heavy atom. The van der Waals surface area contributed by atoms with E-state index < -0.39 is 9.84 Å². The van der Waals surface area contributed by atoms with Crippen molar-refractivity contribution in [1.29, 1.82) is 0 Å². The highest BCUT2D eigenvalue weighted by molar-refractivity contribution is 9.10. The van der Waals surface area contributed by atoms with Crippen LogP contribution in [0, 0.1) is 5.92 Å². The van der Waals surface area contributed by atoms with E-state index in [1.807, 2.05) is 12.1 Å². The van der Waals surface area contributed by atoms with E-state index in [9.17, 15) is 8.42 Å². The number of hydrogen-bond donors (Lipinski definition) is 1. The average molecular weight is 376 g/mol. The first-order valence-corrected chi connectivity index (χ1v) is 10.0. The fourth-order valence-electron chi connectivity index (χ4n) is 2.15. The lowest BCUT2D eigenvalue weighted by Crippen LogP contribution is -2.27. The molecule has 3 nitrogen and oxygen atoms in total. The fraction of sp³-hybridized carbons (Fsp3) is 0.625. The van der Waals surface area contributed by atoms with Crippen molar-refractivity contribution in [2.75, 3.05) is 18.8 Å². The molecule has 1 atom stereocenters.